The number of rotatable bonds is 4. The highest BCUT2D eigenvalue weighted by atomic mass is 32.2. The maximum atomic E-state index is 13.5. The van der Waals surface area contributed by atoms with Crippen molar-refractivity contribution in [2.75, 3.05) is 18.3 Å². The third-order valence-corrected chi connectivity index (χ3v) is 6.83. The molecule has 2 aromatic carbocycles. The third kappa shape index (κ3) is 4.06. The van der Waals surface area contributed by atoms with Crippen LogP contribution in [-0.4, -0.2) is 37.4 Å². The molecule has 0 saturated carbocycles. The second-order valence-corrected chi connectivity index (χ2v) is 10.7. The van der Waals surface area contributed by atoms with Crippen molar-refractivity contribution in [2.24, 2.45) is 7.05 Å². The number of hydrogen-bond acceptors (Lipinski definition) is 6. The smallest absolute Gasteiger partial charge is 0.420 e. The number of fused-ring (bicyclic) bond motifs is 2. The van der Waals surface area contributed by atoms with Gasteiger partial charge in [0.25, 0.3) is 5.56 Å². The molecule has 9 nitrogen and oxygen atoms in total. The van der Waals surface area contributed by atoms with Gasteiger partial charge in [-0.2, -0.15) is 0 Å². The van der Waals surface area contributed by atoms with Crippen LogP contribution in [0.5, 0.6) is 11.5 Å². The molecule has 0 aliphatic carbocycles. The lowest BCUT2D eigenvalue weighted by molar-refractivity contribution is 0.205. The highest BCUT2D eigenvalue weighted by molar-refractivity contribution is 7.89. The van der Waals surface area contributed by atoms with Gasteiger partial charge in [-0.25, -0.2) is 13.2 Å². The first-order chi connectivity index (χ1) is 16.7. The Hall–Kier alpha value is -4.05. The number of para-hydroxylation sites is 2. The number of carbonyl (C=O) groups is 1. The first-order valence-electron chi connectivity index (χ1n) is 10.8. The first-order valence-corrected chi connectivity index (χ1v) is 12.9. The molecule has 0 radical (unpaired) electrons. The summed E-state index contributed by atoms with van der Waals surface area (Å²) in [5, 5.41) is 0.693. The number of aromatic nitrogens is 2. The van der Waals surface area contributed by atoms with Crippen molar-refractivity contribution >= 4 is 32.5 Å². The molecule has 0 bridgehead atoms. The van der Waals surface area contributed by atoms with E-state index in [1.54, 1.807) is 61.9 Å². The van der Waals surface area contributed by atoms with E-state index in [0.29, 0.717) is 33.5 Å². The fraction of sp³-hybridized carbons (Fsp3) is 0.200. The van der Waals surface area contributed by atoms with Gasteiger partial charge in [-0.3, -0.25) is 9.69 Å². The van der Waals surface area contributed by atoms with E-state index in [1.165, 1.54) is 22.8 Å². The van der Waals surface area contributed by atoms with Gasteiger partial charge in [-0.15, -0.1) is 0 Å². The maximum absolute atomic E-state index is 13.5. The number of ether oxygens (including phenoxy) is 2. The van der Waals surface area contributed by atoms with Crippen molar-refractivity contribution in [1.82, 2.24) is 9.55 Å². The molecule has 1 aliphatic heterocycles. The summed E-state index contributed by atoms with van der Waals surface area (Å²) in [7, 11) is -0.147. The molecule has 0 unspecified atom stereocenters. The van der Waals surface area contributed by atoms with Crippen LogP contribution in [0.15, 0.2) is 59.7 Å². The Balaban J connectivity index is 1.70. The van der Waals surface area contributed by atoms with Gasteiger partial charge in [0.2, 0.25) is 0 Å². The summed E-state index contributed by atoms with van der Waals surface area (Å²) in [4.78, 5) is 30.8. The summed E-state index contributed by atoms with van der Waals surface area (Å²) >= 11 is 0. The van der Waals surface area contributed by atoms with Crippen molar-refractivity contribution in [3.63, 3.8) is 0 Å². The van der Waals surface area contributed by atoms with E-state index in [0.717, 1.165) is 11.1 Å². The second kappa shape index (κ2) is 8.31. The highest BCUT2D eigenvalue weighted by Gasteiger charge is 2.30. The number of amides is 1. The van der Waals surface area contributed by atoms with Crippen molar-refractivity contribution in [3.05, 3.63) is 76.3 Å². The third-order valence-electron chi connectivity index (χ3n) is 5.97. The number of pyridine rings is 1. The molecular weight excluding hydrogens is 470 g/mol. The molecule has 1 N–H and O–H groups in total. The Morgan fingerprint density at radius 2 is 1.86 bits per heavy atom. The predicted molar refractivity (Wildman–Crippen MR) is 133 cm³/mol. The number of methoxy groups -OCH3 is 1. The molecule has 3 heterocycles. The molecular formula is C25H23N3O6S. The number of benzene rings is 2. The maximum Gasteiger partial charge on any atom is 0.420 e. The number of hydrogen-bond donors (Lipinski definition) is 1. The zero-order chi connectivity index (χ0) is 24.9. The number of nitrogens with one attached hydrogen (secondary N) is 1. The Kier molecular flexibility index (Phi) is 5.40. The van der Waals surface area contributed by atoms with Gasteiger partial charge in [0.1, 0.15) is 5.52 Å². The molecule has 5 rings (SSSR count). The lowest BCUT2D eigenvalue weighted by atomic mass is 9.99. The van der Waals surface area contributed by atoms with E-state index in [2.05, 4.69) is 4.98 Å². The van der Waals surface area contributed by atoms with Crippen molar-refractivity contribution in [1.29, 1.82) is 0 Å². The van der Waals surface area contributed by atoms with E-state index in [1.807, 2.05) is 0 Å². The van der Waals surface area contributed by atoms with Gasteiger partial charge in [0.15, 0.2) is 21.3 Å². The Morgan fingerprint density at radius 1 is 1.11 bits per heavy atom. The van der Waals surface area contributed by atoms with E-state index in [9.17, 15) is 18.0 Å². The molecule has 0 saturated heterocycles. The SMILES string of the molecule is COc1ccccc1OC(=O)N1Cc2c[nH]c3c(=O)n(C)cc(c23)-c2cc(CS(C)(=O)=O)ccc21. The Bertz CT molecular complexity index is 1650. The van der Waals surface area contributed by atoms with Gasteiger partial charge in [0, 0.05) is 42.2 Å². The fourth-order valence-corrected chi connectivity index (χ4v) is 5.25. The van der Waals surface area contributed by atoms with Crippen molar-refractivity contribution in [3.8, 4) is 22.6 Å². The van der Waals surface area contributed by atoms with Crippen LogP contribution in [0.1, 0.15) is 11.1 Å². The molecule has 1 aliphatic rings. The van der Waals surface area contributed by atoms with Crippen LogP contribution < -0.4 is 19.9 Å². The van der Waals surface area contributed by atoms with Crippen molar-refractivity contribution < 1.29 is 22.7 Å². The number of carbonyl (C=O) groups excluding carboxylic acids is 1. The first kappa shape index (κ1) is 22.7. The minimum Gasteiger partial charge on any atom is -0.493 e. The average Bonchev–Trinajstić information content (AvgIpc) is 3.18. The monoisotopic (exact) mass is 493 g/mol. The molecule has 0 fully saturated rings. The summed E-state index contributed by atoms with van der Waals surface area (Å²) in [5.41, 5.74) is 3.42. The van der Waals surface area contributed by atoms with Crippen LogP contribution in [0.4, 0.5) is 10.5 Å². The molecule has 35 heavy (non-hydrogen) atoms. The van der Waals surface area contributed by atoms with Crippen LogP contribution in [0.2, 0.25) is 0 Å². The quantitative estimate of drug-likeness (QED) is 0.465. The van der Waals surface area contributed by atoms with Crippen molar-refractivity contribution in [2.45, 2.75) is 12.3 Å². The fourth-order valence-electron chi connectivity index (χ4n) is 4.46. The van der Waals surface area contributed by atoms with E-state index >= 15 is 0 Å². The highest BCUT2D eigenvalue weighted by Crippen LogP contribution is 2.41. The predicted octanol–water partition coefficient (Wildman–Crippen LogP) is 3.61. The molecule has 4 aromatic rings. The number of aryl methyl sites for hydroxylation is 1. The molecule has 10 heteroatoms. The number of anilines is 1. The summed E-state index contributed by atoms with van der Waals surface area (Å²) in [6.07, 6.45) is 3.95. The van der Waals surface area contributed by atoms with Crippen LogP contribution in [0, 0.1) is 0 Å². The average molecular weight is 494 g/mol. The van der Waals surface area contributed by atoms with Gasteiger partial charge in [0.05, 0.1) is 25.1 Å². The number of sulfone groups is 1. The molecule has 0 spiro atoms. The number of aromatic amines is 1. The number of nitrogens with zero attached hydrogens (tertiary/aromatic N) is 2. The summed E-state index contributed by atoms with van der Waals surface area (Å²) in [6.45, 7) is 0.145. The molecule has 180 valence electrons. The van der Waals surface area contributed by atoms with Gasteiger partial charge < -0.3 is 19.0 Å². The van der Waals surface area contributed by atoms with Gasteiger partial charge in [-0.1, -0.05) is 18.2 Å². The zero-order valence-corrected chi connectivity index (χ0v) is 20.2. The Labute approximate surface area is 201 Å². The largest absolute Gasteiger partial charge is 0.493 e. The summed E-state index contributed by atoms with van der Waals surface area (Å²) in [6, 6.07) is 12.0. The van der Waals surface area contributed by atoms with Crippen LogP contribution in [0.3, 0.4) is 0 Å². The van der Waals surface area contributed by atoms with E-state index < -0.39 is 15.9 Å². The van der Waals surface area contributed by atoms with E-state index in [-0.39, 0.29) is 23.6 Å². The minimum absolute atomic E-state index is 0.145. The lowest BCUT2D eigenvalue weighted by Crippen LogP contribution is -2.33. The lowest BCUT2D eigenvalue weighted by Gasteiger charge is -2.23. The van der Waals surface area contributed by atoms with E-state index in [4.69, 9.17) is 9.47 Å². The molecule has 1 amide bonds. The minimum atomic E-state index is -3.29. The van der Waals surface area contributed by atoms with Crippen LogP contribution in [-0.2, 0) is 29.2 Å². The van der Waals surface area contributed by atoms with Gasteiger partial charge >= 0.3 is 6.09 Å². The second-order valence-electron chi connectivity index (χ2n) is 8.55. The summed E-state index contributed by atoms with van der Waals surface area (Å²) < 4.78 is 36.4. The topological polar surface area (TPSA) is 111 Å². The van der Waals surface area contributed by atoms with Crippen LogP contribution >= 0.6 is 0 Å². The van der Waals surface area contributed by atoms with Gasteiger partial charge in [-0.05, 0) is 35.4 Å². The van der Waals surface area contributed by atoms with Crippen LogP contribution in [0.25, 0.3) is 22.0 Å². The summed E-state index contributed by atoms with van der Waals surface area (Å²) in [5.74, 6) is 0.528. The zero-order valence-electron chi connectivity index (χ0n) is 19.4. The Morgan fingerprint density at radius 3 is 2.57 bits per heavy atom. The number of H-pyrrole nitrogens is 1. The standard InChI is InChI=1S/C25H23N3O6S/c1-27-13-18-17-10-15(14-35(3,31)32)8-9-19(17)28(12-16-11-26-23(22(16)18)24(27)29)25(30)34-21-7-5-4-6-20(21)33-2/h4-11,13,26H,12,14H2,1-3H3. The molecule has 0 atom stereocenters. The molecule has 2 aromatic heterocycles. The normalized spacial score (nSPS) is 12.8.